The van der Waals surface area contributed by atoms with E-state index in [1.165, 1.54) is 83.5 Å². The van der Waals surface area contributed by atoms with E-state index >= 15 is 0 Å². The third-order valence-electron chi connectivity index (χ3n) is 14.6. The molecule has 19 heteroatoms. The van der Waals surface area contributed by atoms with Gasteiger partial charge in [-0.15, -0.1) is 0 Å². The van der Waals surface area contributed by atoms with Gasteiger partial charge in [0.15, 0.2) is 12.2 Å². The molecule has 17 nitrogen and oxygen atoms in total. The van der Waals surface area contributed by atoms with Gasteiger partial charge in [-0.1, -0.05) is 241 Å². The Kier molecular flexibility index (Phi) is 51.3. The van der Waals surface area contributed by atoms with Crippen molar-refractivity contribution in [3.05, 3.63) is 0 Å². The Hall–Kier alpha value is -1.94. The van der Waals surface area contributed by atoms with E-state index < -0.39 is 97.5 Å². The fourth-order valence-corrected chi connectivity index (χ4v) is 10.5. The van der Waals surface area contributed by atoms with Crippen molar-refractivity contribution in [1.29, 1.82) is 0 Å². The monoisotopic (exact) mass is 1180 g/mol. The summed E-state index contributed by atoms with van der Waals surface area (Å²) in [5.74, 6) is 0.0545. The number of aliphatic hydroxyl groups is 1. The van der Waals surface area contributed by atoms with Crippen LogP contribution in [0.3, 0.4) is 0 Å². The van der Waals surface area contributed by atoms with Crippen molar-refractivity contribution in [2.45, 2.75) is 311 Å². The fourth-order valence-electron chi connectivity index (χ4n) is 8.89. The van der Waals surface area contributed by atoms with Gasteiger partial charge in [-0.2, -0.15) is 0 Å². The molecule has 0 saturated carbocycles. The van der Waals surface area contributed by atoms with Gasteiger partial charge in [0.1, 0.15) is 19.3 Å². The SMILES string of the molecule is CCCCCCCCCC(=O)OC[C@H](COP(=O)(O)OC[C@H](O)COP(=O)(O)OC[C@@H](COC(=O)CCCCCCCCC(C)CC)OC(=O)CCCCCCCCCCCCC(C)CC)OC(=O)CCCCCCCCC(C)C. The first-order chi connectivity index (χ1) is 38.3. The summed E-state index contributed by atoms with van der Waals surface area (Å²) in [7, 11) is -9.88. The van der Waals surface area contributed by atoms with E-state index in [1.807, 2.05) is 0 Å². The summed E-state index contributed by atoms with van der Waals surface area (Å²) in [6.45, 7) is 11.6. The van der Waals surface area contributed by atoms with Crippen molar-refractivity contribution in [3.63, 3.8) is 0 Å². The van der Waals surface area contributed by atoms with Crippen LogP contribution in [0.4, 0.5) is 0 Å². The summed E-state index contributed by atoms with van der Waals surface area (Å²) >= 11 is 0. The third kappa shape index (κ3) is 52.8. The smallest absolute Gasteiger partial charge is 0.462 e. The number of ether oxygens (including phenoxy) is 4. The largest absolute Gasteiger partial charge is 0.472 e. The highest BCUT2D eigenvalue weighted by Crippen LogP contribution is 2.45. The minimum Gasteiger partial charge on any atom is -0.462 e. The fraction of sp³-hybridized carbons (Fsp3) is 0.934. The van der Waals surface area contributed by atoms with Gasteiger partial charge in [0.25, 0.3) is 0 Å². The Labute approximate surface area is 486 Å². The maximum absolute atomic E-state index is 12.9. The molecule has 0 heterocycles. The number of carbonyl (C=O) groups excluding carboxylic acids is 4. The highest BCUT2D eigenvalue weighted by molar-refractivity contribution is 7.47. The van der Waals surface area contributed by atoms with Crippen LogP contribution in [-0.2, 0) is 65.4 Å². The number of aliphatic hydroxyl groups excluding tert-OH is 1. The first-order valence-electron chi connectivity index (χ1n) is 31.9. The molecule has 0 bridgehead atoms. The van der Waals surface area contributed by atoms with Gasteiger partial charge in [-0.3, -0.25) is 37.3 Å². The second-order valence-electron chi connectivity index (χ2n) is 23.0. The van der Waals surface area contributed by atoms with Crippen molar-refractivity contribution in [1.82, 2.24) is 0 Å². The quantitative estimate of drug-likeness (QED) is 0.0222. The lowest BCUT2D eigenvalue weighted by Crippen LogP contribution is -2.30. The second kappa shape index (κ2) is 52.6. The average molecular weight is 1190 g/mol. The van der Waals surface area contributed by atoms with E-state index in [2.05, 4.69) is 48.5 Å². The summed E-state index contributed by atoms with van der Waals surface area (Å²) in [6.07, 6.45) is 32.3. The number of rotatable bonds is 59. The average Bonchev–Trinajstić information content (AvgIpc) is 3.42. The molecule has 0 aromatic carbocycles. The number of hydrogen-bond acceptors (Lipinski definition) is 15. The standard InChI is InChI=1S/C61H118O17P2/c1-8-11-12-13-18-28-35-42-58(63)71-48-57(78-61(66)45-38-31-23-21-25-32-39-52(4)5)51-76-80(69,70)74-47-55(62)46-73-79(67,68)75-50-56(49-72-59(64)43-36-29-24-22-27-34-41-54(7)10-3)77-60(65)44-37-30-20-17-15-14-16-19-26-33-40-53(6)9-2/h52-57,62H,8-51H2,1-7H3,(H,67,68)(H,69,70)/t53?,54?,55-,56-,57-/m1/s1. The van der Waals surface area contributed by atoms with E-state index in [1.54, 1.807) is 0 Å². The van der Waals surface area contributed by atoms with Crippen LogP contribution in [-0.4, -0.2) is 96.7 Å². The van der Waals surface area contributed by atoms with E-state index in [0.29, 0.717) is 31.6 Å². The van der Waals surface area contributed by atoms with E-state index in [-0.39, 0.29) is 25.7 Å². The Bertz CT molecular complexity index is 1600. The topological polar surface area (TPSA) is 237 Å². The number of hydrogen-bond donors (Lipinski definition) is 3. The van der Waals surface area contributed by atoms with E-state index in [9.17, 15) is 43.2 Å². The normalized spacial score (nSPS) is 15.1. The Morgan fingerprint density at radius 3 is 0.950 bits per heavy atom. The molecule has 4 unspecified atom stereocenters. The van der Waals surface area contributed by atoms with Gasteiger partial charge >= 0.3 is 39.5 Å². The summed E-state index contributed by atoms with van der Waals surface area (Å²) in [5, 5.41) is 10.5. The predicted molar refractivity (Wildman–Crippen MR) is 317 cm³/mol. The maximum Gasteiger partial charge on any atom is 0.472 e. The molecule has 0 aliphatic rings. The molecule has 80 heavy (non-hydrogen) atoms. The van der Waals surface area contributed by atoms with Crippen molar-refractivity contribution >= 4 is 39.5 Å². The van der Waals surface area contributed by atoms with Gasteiger partial charge in [0, 0.05) is 25.7 Å². The van der Waals surface area contributed by atoms with Crippen LogP contribution in [0, 0.1) is 17.8 Å². The lowest BCUT2D eigenvalue weighted by molar-refractivity contribution is -0.161. The lowest BCUT2D eigenvalue weighted by atomic mass is 9.99. The Morgan fingerprint density at radius 1 is 0.362 bits per heavy atom. The predicted octanol–water partition coefficient (Wildman–Crippen LogP) is 16.3. The molecule has 0 saturated heterocycles. The van der Waals surface area contributed by atoms with Crippen LogP contribution in [0.15, 0.2) is 0 Å². The molecule has 0 aromatic rings. The first kappa shape index (κ1) is 78.1. The summed E-state index contributed by atoms with van der Waals surface area (Å²) in [5.41, 5.74) is 0. The van der Waals surface area contributed by atoms with Crippen LogP contribution in [0.2, 0.25) is 0 Å². The summed E-state index contributed by atoms with van der Waals surface area (Å²) in [4.78, 5) is 71.9. The van der Waals surface area contributed by atoms with Crippen LogP contribution in [0.1, 0.15) is 292 Å². The van der Waals surface area contributed by atoms with Crippen molar-refractivity contribution in [3.8, 4) is 0 Å². The molecule has 7 atom stereocenters. The second-order valence-corrected chi connectivity index (χ2v) is 26.0. The zero-order valence-electron chi connectivity index (χ0n) is 51.5. The number of unbranched alkanes of at least 4 members (excludes halogenated alkanes) is 25. The van der Waals surface area contributed by atoms with Crippen LogP contribution in [0.25, 0.3) is 0 Å². The molecular weight excluding hydrogens is 1070 g/mol. The molecule has 0 radical (unpaired) electrons. The Morgan fingerprint density at radius 2 is 0.637 bits per heavy atom. The number of phosphoric ester groups is 2. The van der Waals surface area contributed by atoms with E-state index in [4.69, 9.17) is 37.0 Å². The number of esters is 4. The Balaban J connectivity index is 5.23. The van der Waals surface area contributed by atoms with Crippen molar-refractivity contribution in [2.24, 2.45) is 17.8 Å². The number of carbonyl (C=O) groups is 4. The molecule has 0 fully saturated rings. The zero-order chi connectivity index (χ0) is 59.5. The van der Waals surface area contributed by atoms with Gasteiger partial charge in [0.05, 0.1) is 26.4 Å². The molecule has 0 aliphatic heterocycles. The van der Waals surface area contributed by atoms with E-state index in [0.717, 1.165) is 121 Å². The maximum atomic E-state index is 12.9. The van der Waals surface area contributed by atoms with Gasteiger partial charge < -0.3 is 33.8 Å². The molecular formula is C61H118O17P2. The molecule has 0 spiro atoms. The molecule has 3 N–H and O–H groups in total. The lowest BCUT2D eigenvalue weighted by Gasteiger charge is -2.21. The summed E-state index contributed by atoms with van der Waals surface area (Å²) < 4.78 is 67.7. The third-order valence-corrected chi connectivity index (χ3v) is 16.5. The van der Waals surface area contributed by atoms with Crippen LogP contribution >= 0.6 is 15.6 Å². The first-order valence-corrected chi connectivity index (χ1v) is 34.9. The highest BCUT2D eigenvalue weighted by Gasteiger charge is 2.30. The highest BCUT2D eigenvalue weighted by atomic mass is 31.2. The van der Waals surface area contributed by atoms with Gasteiger partial charge in [0.2, 0.25) is 0 Å². The minimum atomic E-state index is -4.94. The molecule has 0 amide bonds. The molecule has 0 rings (SSSR count). The van der Waals surface area contributed by atoms with Gasteiger partial charge in [-0.05, 0) is 43.4 Å². The minimum absolute atomic E-state index is 0.101. The number of phosphoric acid groups is 2. The summed E-state index contributed by atoms with van der Waals surface area (Å²) in [6, 6.07) is 0. The van der Waals surface area contributed by atoms with Crippen molar-refractivity contribution < 1.29 is 80.2 Å². The van der Waals surface area contributed by atoms with Crippen LogP contribution < -0.4 is 0 Å². The zero-order valence-corrected chi connectivity index (χ0v) is 53.3. The van der Waals surface area contributed by atoms with Crippen LogP contribution in [0.5, 0.6) is 0 Å². The molecule has 474 valence electrons. The van der Waals surface area contributed by atoms with Crippen molar-refractivity contribution in [2.75, 3.05) is 39.6 Å². The molecule has 0 aliphatic carbocycles. The molecule has 0 aromatic heterocycles. The van der Waals surface area contributed by atoms with Gasteiger partial charge in [-0.25, -0.2) is 9.13 Å².